The number of carbonyl (C=O) groups is 2. The largest absolute Gasteiger partial charge is 0.354 e. The first-order chi connectivity index (χ1) is 15.9. The summed E-state index contributed by atoms with van der Waals surface area (Å²) in [4.78, 5) is 39.7. The lowest BCUT2D eigenvalue weighted by Gasteiger charge is -2.33. The van der Waals surface area contributed by atoms with Gasteiger partial charge in [0.05, 0.1) is 0 Å². The van der Waals surface area contributed by atoms with Gasteiger partial charge in [0.25, 0.3) is 5.91 Å². The van der Waals surface area contributed by atoms with Gasteiger partial charge in [-0.15, -0.1) is 0 Å². The van der Waals surface area contributed by atoms with Crippen molar-refractivity contribution in [2.24, 2.45) is 0 Å². The molecule has 1 saturated heterocycles. The fourth-order valence-corrected chi connectivity index (χ4v) is 4.16. The number of aryl methyl sites for hydroxylation is 3. The first-order valence-corrected chi connectivity index (χ1v) is 11.2. The van der Waals surface area contributed by atoms with Gasteiger partial charge < -0.3 is 14.7 Å². The Morgan fingerprint density at radius 1 is 1.18 bits per heavy atom. The van der Waals surface area contributed by atoms with Gasteiger partial charge in [0.1, 0.15) is 5.69 Å². The lowest BCUT2D eigenvalue weighted by molar-refractivity contribution is -0.132. The summed E-state index contributed by atoms with van der Waals surface area (Å²) in [5, 5.41) is 6.35. The van der Waals surface area contributed by atoms with Crippen LogP contribution in [-0.2, 0) is 11.2 Å². The van der Waals surface area contributed by atoms with Crippen molar-refractivity contribution >= 4 is 11.8 Å². The van der Waals surface area contributed by atoms with Gasteiger partial charge in [-0.25, -0.2) is 0 Å². The Hall–Kier alpha value is -3.62. The van der Waals surface area contributed by atoms with Gasteiger partial charge in [0.2, 0.25) is 11.8 Å². The maximum Gasteiger partial charge on any atom is 0.269 e. The van der Waals surface area contributed by atoms with Crippen LogP contribution < -0.4 is 5.32 Å². The summed E-state index contributed by atoms with van der Waals surface area (Å²) >= 11 is 0. The Morgan fingerprint density at radius 3 is 2.73 bits per heavy atom. The van der Waals surface area contributed by atoms with Gasteiger partial charge in [-0.3, -0.25) is 19.6 Å². The zero-order chi connectivity index (χ0) is 23.4. The van der Waals surface area contributed by atoms with E-state index >= 15 is 0 Å². The average molecular weight is 449 g/mol. The van der Waals surface area contributed by atoms with Crippen molar-refractivity contribution in [3.05, 3.63) is 59.3 Å². The summed E-state index contributed by atoms with van der Waals surface area (Å²) in [5.74, 6) is 1.13. The molecule has 4 rings (SSSR count). The molecule has 9 heteroatoms. The number of amides is 2. The second-order valence-electron chi connectivity index (χ2n) is 8.35. The number of pyridine rings is 2. The SMILES string of the molecule is CNC(=O)c1ccc(-c2cc(C)nc([C@H]3CCCN(C(=O)CCc4nc(C)no4)C3)c2)cn1. The fourth-order valence-electron chi connectivity index (χ4n) is 4.16. The van der Waals surface area contributed by atoms with E-state index in [1.54, 1.807) is 26.2 Å². The molecule has 1 aliphatic rings. The summed E-state index contributed by atoms with van der Waals surface area (Å²) in [6.45, 7) is 5.13. The molecule has 0 unspecified atom stereocenters. The number of rotatable bonds is 6. The van der Waals surface area contributed by atoms with Crippen molar-refractivity contribution < 1.29 is 14.1 Å². The molecule has 2 amide bonds. The smallest absolute Gasteiger partial charge is 0.269 e. The number of piperidine rings is 1. The van der Waals surface area contributed by atoms with Gasteiger partial charge in [-0.2, -0.15) is 4.98 Å². The maximum absolute atomic E-state index is 12.8. The van der Waals surface area contributed by atoms with Crippen LogP contribution in [0.15, 0.2) is 35.0 Å². The molecule has 1 aliphatic heterocycles. The predicted octanol–water partition coefficient (Wildman–Crippen LogP) is 2.84. The second kappa shape index (κ2) is 9.89. The topological polar surface area (TPSA) is 114 Å². The van der Waals surface area contributed by atoms with Crippen LogP contribution in [0.5, 0.6) is 0 Å². The molecule has 0 radical (unpaired) electrons. The number of hydrogen-bond donors (Lipinski definition) is 1. The monoisotopic (exact) mass is 448 g/mol. The Morgan fingerprint density at radius 2 is 2.03 bits per heavy atom. The van der Waals surface area contributed by atoms with E-state index in [-0.39, 0.29) is 17.7 Å². The van der Waals surface area contributed by atoms with Crippen molar-refractivity contribution in [1.82, 2.24) is 30.3 Å². The molecule has 172 valence electrons. The highest BCUT2D eigenvalue weighted by Crippen LogP contribution is 2.30. The Balaban J connectivity index is 1.46. The third-order valence-electron chi connectivity index (χ3n) is 5.84. The van der Waals surface area contributed by atoms with Crippen molar-refractivity contribution in [3.8, 4) is 11.1 Å². The fraction of sp³-hybridized carbons (Fsp3) is 0.417. The molecule has 3 aromatic rings. The molecular weight excluding hydrogens is 420 g/mol. The van der Waals surface area contributed by atoms with Crippen LogP contribution in [0.2, 0.25) is 0 Å². The summed E-state index contributed by atoms with van der Waals surface area (Å²) in [6.07, 6.45) is 4.43. The summed E-state index contributed by atoms with van der Waals surface area (Å²) in [5.41, 5.74) is 4.19. The normalized spacial score (nSPS) is 16.0. The zero-order valence-corrected chi connectivity index (χ0v) is 19.2. The molecule has 1 fully saturated rings. The molecule has 1 N–H and O–H groups in total. The van der Waals surface area contributed by atoms with Crippen molar-refractivity contribution in [2.75, 3.05) is 20.1 Å². The molecule has 0 spiro atoms. The van der Waals surface area contributed by atoms with Gasteiger partial charge >= 0.3 is 0 Å². The number of carbonyl (C=O) groups excluding carboxylic acids is 2. The molecule has 0 aromatic carbocycles. The first kappa shape index (κ1) is 22.6. The van der Waals surface area contributed by atoms with Crippen LogP contribution in [0.4, 0.5) is 0 Å². The summed E-state index contributed by atoms with van der Waals surface area (Å²) < 4.78 is 5.12. The van der Waals surface area contributed by atoms with Gasteiger partial charge in [-0.1, -0.05) is 11.2 Å². The highest BCUT2D eigenvalue weighted by molar-refractivity contribution is 5.92. The molecule has 3 aromatic heterocycles. The molecule has 0 aliphatic carbocycles. The van der Waals surface area contributed by atoms with Crippen LogP contribution >= 0.6 is 0 Å². The summed E-state index contributed by atoms with van der Waals surface area (Å²) in [6, 6.07) is 7.70. The standard InChI is InChI=1S/C24H28N6O3/c1-15-11-19(17-6-7-20(26-13-17)24(32)25-3)12-21(27-15)18-5-4-10-30(14-18)23(31)9-8-22-28-16(2)29-33-22/h6-7,11-13,18H,4-5,8-10,14H2,1-3H3,(H,25,32)/t18-/m0/s1. The predicted molar refractivity (Wildman–Crippen MR) is 122 cm³/mol. The van der Waals surface area contributed by atoms with Crippen LogP contribution in [0.1, 0.15) is 58.8 Å². The van der Waals surface area contributed by atoms with Crippen LogP contribution in [0, 0.1) is 13.8 Å². The van der Waals surface area contributed by atoms with E-state index in [4.69, 9.17) is 9.51 Å². The number of likely N-dealkylation sites (tertiary alicyclic amines) is 1. The van der Waals surface area contributed by atoms with Crippen LogP contribution in [0.3, 0.4) is 0 Å². The van der Waals surface area contributed by atoms with E-state index in [1.807, 2.05) is 24.0 Å². The quantitative estimate of drug-likeness (QED) is 0.617. The molecule has 1 atom stereocenters. The molecular formula is C24H28N6O3. The highest BCUT2D eigenvalue weighted by Gasteiger charge is 2.26. The van der Waals surface area contributed by atoms with Gasteiger partial charge in [0.15, 0.2) is 5.82 Å². The van der Waals surface area contributed by atoms with E-state index in [9.17, 15) is 9.59 Å². The van der Waals surface area contributed by atoms with E-state index in [0.29, 0.717) is 36.8 Å². The third-order valence-corrected chi connectivity index (χ3v) is 5.84. The first-order valence-electron chi connectivity index (χ1n) is 11.2. The van der Waals surface area contributed by atoms with Crippen LogP contribution in [0.25, 0.3) is 11.1 Å². The van der Waals surface area contributed by atoms with Gasteiger partial charge in [0, 0.05) is 62.0 Å². The van der Waals surface area contributed by atoms with Crippen molar-refractivity contribution in [3.63, 3.8) is 0 Å². The van der Waals surface area contributed by atoms with E-state index < -0.39 is 0 Å². The third kappa shape index (κ3) is 5.42. The Bertz CT molecular complexity index is 1140. The number of hydrogen-bond acceptors (Lipinski definition) is 7. The highest BCUT2D eigenvalue weighted by atomic mass is 16.5. The number of aromatic nitrogens is 4. The minimum Gasteiger partial charge on any atom is -0.354 e. The van der Waals surface area contributed by atoms with E-state index in [0.717, 1.165) is 41.9 Å². The Labute approximate surface area is 192 Å². The van der Waals surface area contributed by atoms with Gasteiger partial charge in [-0.05, 0) is 50.5 Å². The minimum atomic E-state index is -0.214. The minimum absolute atomic E-state index is 0.0948. The Kier molecular flexibility index (Phi) is 6.76. The second-order valence-corrected chi connectivity index (χ2v) is 8.35. The lowest BCUT2D eigenvalue weighted by atomic mass is 9.92. The lowest BCUT2D eigenvalue weighted by Crippen LogP contribution is -2.39. The average Bonchev–Trinajstić information content (AvgIpc) is 3.26. The zero-order valence-electron chi connectivity index (χ0n) is 19.2. The van der Waals surface area contributed by atoms with E-state index in [1.165, 1.54) is 0 Å². The van der Waals surface area contributed by atoms with Crippen LogP contribution in [-0.4, -0.2) is 57.0 Å². The van der Waals surface area contributed by atoms with Crippen molar-refractivity contribution in [2.45, 2.75) is 45.4 Å². The number of nitrogens with one attached hydrogen (secondary N) is 1. The maximum atomic E-state index is 12.8. The number of nitrogens with zero attached hydrogens (tertiary/aromatic N) is 5. The molecule has 9 nitrogen and oxygen atoms in total. The molecule has 0 bridgehead atoms. The summed E-state index contributed by atoms with van der Waals surface area (Å²) in [7, 11) is 1.58. The van der Waals surface area contributed by atoms with Crippen molar-refractivity contribution in [1.29, 1.82) is 0 Å². The van der Waals surface area contributed by atoms with E-state index in [2.05, 4.69) is 26.5 Å². The molecule has 33 heavy (non-hydrogen) atoms. The molecule has 4 heterocycles. The molecule has 0 saturated carbocycles.